The standard InChI is InChI=1S/C12H17N7O/c13-10(20)8-3-1-2-5-19(8)12-11-15-4-6-18(11)7-9(16-12)17-14/h4,6-8,17H,1-3,5,14H2,(H2,13,20). The second kappa shape index (κ2) is 4.97. The van der Waals surface area contributed by atoms with Gasteiger partial charge in [0.05, 0.1) is 6.20 Å². The Morgan fingerprint density at radius 1 is 1.45 bits per heavy atom. The van der Waals surface area contributed by atoms with Crippen LogP contribution in [0.3, 0.4) is 0 Å². The molecule has 3 heterocycles. The number of fused-ring (bicyclic) bond motifs is 1. The Morgan fingerprint density at radius 3 is 3.05 bits per heavy atom. The maximum atomic E-state index is 11.7. The van der Waals surface area contributed by atoms with Crippen molar-refractivity contribution in [3.05, 3.63) is 18.6 Å². The van der Waals surface area contributed by atoms with Crippen molar-refractivity contribution in [3.8, 4) is 0 Å². The van der Waals surface area contributed by atoms with Crippen molar-refractivity contribution >= 4 is 23.2 Å². The van der Waals surface area contributed by atoms with Gasteiger partial charge in [-0.1, -0.05) is 0 Å². The Labute approximate surface area is 115 Å². The fourth-order valence-electron chi connectivity index (χ4n) is 2.66. The SMILES string of the molecule is NNc1cn2ccnc2c(N2CCCCC2C(N)=O)n1. The molecular formula is C12H17N7O. The number of nitrogens with one attached hydrogen (secondary N) is 1. The van der Waals surface area contributed by atoms with Crippen LogP contribution in [0.25, 0.3) is 5.65 Å². The number of aromatic nitrogens is 3. The topological polar surface area (TPSA) is 115 Å². The van der Waals surface area contributed by atoms with Gasteiger partial charge in [-0.25, -0.2) is 15.8 Å². The highest BCUT2D eigenvalue weighted by Gasteiger charge is 2.30. The third-order valence-corrected chi connectivity index (χ3v) is 3.61. The van der Waals surface area contributed by atoms with Gasteiger partial charge >= 0.3 is 0 Å². The van der Waals surface area contributed by atoms with E-state index < -0.39 is 0 Å². The summed E-state index contributed by atoms with van der Waals surface area (Å²) < 4.78 is 1.82. The van der Waals surface area contributed by atoms with Gasteiger partial charge in [0.15, 0.2) is 17.3 Å². The number of carbonyl (C=O) groups is 1. The first-order valence-electron chi connectivity index (χ1n) is 6.57. The molecule has 1 amide bonds. The number of hydrogen-bond donors (Lipinski definition) is 3. The van der Waals surface area contributed by atoms with E-state index in [-0.39, 0.29) is 11.9 Å². The lowest BCUT2D eigenvalue weighted by molar-refractivity contribution is -0.119. The molecule has 2 aromatic rings. The molecule has 8 nitrogen and oxygen atoms in total. The molecule has 2 aromatic heterocycles. The lowest BCUT2D eigenvalue weighted by Gasteiger charge is -2.34. The molecule has 20 heavy (non-hydrogen) atoms. The van der Waals surface area contributed by atoms with Crippen molar-refractivity contribution in [2.24, 2.45) is 11.6 Å². The molecule has 0 bridgehead atoms. The number of nitrogens with zero attached hydrogens (tertiary/aromatic N) is 4. The molecule has 3 rings (SSSR count). The van der Waals surface area contributed by atoms with Crippen molar-refractivity contribution in [1.29, 1.82) is 0 Å². The second-order valence-corrected chi connectivity index (χ2v) is 4.86. The largest absolute Gasteiger partial charge is 0.368 e. The second-order valence-electron chi connectivity index (χ2n) is 4.86. The van der Waals surface area contributed by atoms with E-state index in [1.807, 2.05) is 15.5 Å². The number of amides is 1. The van der Waals surface area contributed by atoms with Gasteiger partial charge < -0.3 is 20.5 Å². The number of anilines is 2. The van der Waals surface area contributed by atoms with Crippen LogP contribution in [0.2, 0.25) is 0 Å². The number of nitrogens with two attached hydrogens (primary N) is 2. The summed E-state index contributed by atoms with van der Waals surface area (Å²) in [4.78, 5) is 22.3. The average molecular weight is 275 g/mol. The highest BCUT2D eigenvalue weighted by Crippen LogP contribution is 2.27. The van der Waals surface area contributed by atoms with Crippen LogP contribution in [0.5, 0.6) is 0 Å². The smallest absolute Gasteiger partial charge is 0.240 e. The molecule has 1 fully saturated rings. The minimum Gasteiger partial charge on any atom is -0.368 e. The predicted molar refractivity (Wildman–Crippen MR) is 75.0 cm³/mol. The average Bonchev–Trinajstić information content (AvgIpc) is 2.94. The summed E-state index contributed by atoms with van der Waals surface area (Å²) in [6, 6.07) is -0.343. The van der Waals surface area contributed by atoms with Gasteiger partial charge in [-0.05, 0) is 19.3 Å². The molecule has 0 radical (unpaired) electrons. The van der Waals surface area contributed by atoms with Crippen molar-refractivity contribution < 1.29 is 4.79 Å². The fraction of sp³-hybridized carbons (Fsp3) is 0.417. The zero-order valence-corrected chi connectivity index (χ0v) is 11.0. The Kier molecular flexibility index (Phi) is 3.15. The van der Waals surface area contributed by atoms with Gasteiger partial charge in [-0.2, -0.15) is 0 Å². The van der Waals surface area contributed by atoms with E-state index in [0.717, 1.165) is 25.8 Å². The number of nitrogen functional groups attached to an aromatic ring is 1. The summed E-state index contributed by atoms with van der Waals surface area (Å²) in [7, 11) is 0. The van der Waals surface area contributed by atoms with Crippen LogP contribution in [-0.4, -0.2) is 32.9 Å². The van der Waals surface area contributed by atoms with Gasteiger partial charge in [0, 0.05) is 18.9 Å². The molecule has 1 aliphatic heterocycles. The number of imidazole rings is 1. The van der Waals surface area contributed by atoms with E-state index >= 15 is 0 Å². The molecule has 0 aromatic carbocycles. The van der Waals surface area contributed by atoms with E-state index in [4.69, 9.17) is 11.6 Å². The zero-order chi connectivity index (χ0) is 14.1. The molecular weight excluding hydrogens is 258 g/mol. The molecule has 1 saturated heterocycles. The van der Waals surface area contributed by atoms with E-state index in [2.05, 4.69) is 15.4 Å². The summed E-state index contributed by atoms with van der Waals surface area (Å²) in [5.41, 5.74) is 8.73. The lowest BCUT2D eigenvalue weighted by atomic mass is 10.0. The van der Waals surface area contributed by atoms with Crippen LogP contribution in [0, 0.1) is 0 Å². The zero-order valence-electron chi connectivity index (χ0n) is 11.0. The number of primary amides is 1. The number of hydrazine groups is 1. The Hall–Kier alpha value is -2.35. The maximum Gasteiger partial charge on any atom is 0.240 e. The summed E-state index contributed by atoms with van der Waals surface area (Å²) in [5.74, 6) is 6.26. The minimum absolute atomic E-state index is 0.331. The summed E-state index contributed by atoms with van der Waals surface area (Å²) in [6.07, 6.45) is 7.97. The Balaban J connectivity index is 2.11. The molecule has 0 saturated carbocycles. The van der Waals surface area contributed by atoms with Crippen LogP contribution in [0.1, 0.15) is 19.3 Å². The molecule has 0 spiro atoms. The summed E-state index contributed by atoms with van der Waals surface area (Å²) in [5, 5.41) is 0. The normalized spacial score (nSPS) is 19.2. The van der Waals surface area contributed by atoms with Crippen molar-refractivity contribution in [2.75, 3.05) is 16.9 Å². The third kappa shape index (κ3) is 2.03. The highest BCUT2D eigenvalue weighted by atomic mass is 16.1. The summed E-state index contributed by atoms with van der Waals surface area (Å²) in [6.45, 7) is 0.733. The number of hydrogen-bond acceptors (Lipinski definition) is 6. The van der Waals surface area contributed by atoms with E-state index in [1.165, 1.54) is 0 Å². The molecule has 8 heteroatoms. The van der Waals surface area contributed by atoms with Crippen molar-refractivity contribution in [1.82, 2.24) is 14.4 Å². The number of carbonyl (C=O) groups excluding carboxylic acids is 1. The monoisotopic (exact) mass is 275 g/mol. The molecule has 5 N–H and O–H groups in total. The van der Waals surface area contributed by atoms with Crippen molar-refractivity contribution in [3.63, 3.8) is 0 Å². The Morgan fingerprint density at radius 2 is 2.30 bits per heavy atom. The number of rotatable bonds is 3. The van der Waals surface area contributed by atoms with E-state index in [9.17, 15) is 4.79 Å². The van der Waals surface area contributed by atoms with Gasteiger partial charge in [-0.15, -0.1) is 0 Å². The first kappa shape index (κ1) is 12.7. The van der Waals surface area contributed by atoms with Gasteiger partial charge in [-0.3, -0.25) is 4.79 Å². The first-order chi connectivity index (χ1) is 9.70. The first-order valence-corrected chi connectivity index (χ1v) is 6.57. The van der Waals surface area contributed by atoms with Crippen molar-refractivity contribution in [2.45, 2.75) is 25.3 Å². The number of piperidine rings is 1. The highest BCUT2D eigenvalue weighted by molar-refractivity contribution is 5.85. The van der Waals surface area contributed by atoms with Crippen LogP contribution in [-0.2, 0) is 4.79 Å². The molecule has 1 atom stereocenters. The lowest BCUT2D eigenvalue weighted by Crippen LogP contribution is -2.48. The third-order valence-electron chi connectivity index (χ3n) is 3.61. The molecule has 106 valence electrons. The fourth-order valence-corrected chi connectivity index (χ4v) is 2.66. The van der Waals surface area contributed by atoms with Gasteiger partial charge in [0.1, 0.15) is 6.04 Å². The van der Waals surface area contributed by atoms with E-state index in [0.29, 0.717) is 17.3 Å². The van der Waals surface area contributed by atoms with E-state index in [1.54, 1.807) is 12.4 Å². The van der Waals surface area contributed by atoms with Crippen LogP contribution in [0.15, 0.2) is 18.6 Å². The Bertz CT molecular complexity index is 638. The minimum atomic E-state index is -0.343. The quantitative estimate of drug-likeness (QED) is 0.530. The molecule has 0 aliphatic carbocycles. The van der Waals surface area contributed by atoms with Crippen LogP contribution < -0.4 is 21.9 Å². The van der Waals surface area contributed by atoms with Crippen LogP contribution >= 0.6 is 0 Å². The van der Waals surface area contributed by atoms with Gasteiger partial charge in [0.25, 0.3) is 0 Å². The van der Waals surface area contributed by atoms with Crippen LogP contribution in [0.4, 0.5) is 11.6 Å². The summed E-state index contributed by atoms with van der Waals surface area (Å²) >= 11 is 0. The maximum absolute atomic E-state index is 11.7. The van der Waals surface area contributed by atoms with Gasteiger partial charge in [0.2, 0.25) is 5.91 Å². The molecule has 1 aliphatic rings. The predicted octanol–water partition coefficient (Wildman–Crippen LogP) is -0.141. The molecule has 1 unspecified atom stereocenters.